The molecule has 2 heterocycles. The number of hydrogen-bond acceptors (Lipinski definition) is 3. The van der Waals surface area contributed by atoms with Crippen LogP contribution in [0, 0.1) is 0 Å². The Morgan fingerprint density at radius 2 is 2.23 bits per heavy atom. The molecule has 0 bridgehead atoms. The van der Waals surface area contributed by atoms with Gasteiger partial charge in [0, 0.05) is 11.8 Å². The zero-order valence-electron chi connectivity index (χ0n) is 7.95. The molecule has 1 aliphatic rings. The molecule has 1 aliphatic heterocycles. The lowest BCUT2D eigenvalue weighted by Gasteiger charge is -2.28. The molecule has 0 radical (unpaired) electrons. The number of nitrogens with two attached hydrogens (primary N) is 1. The average Bonchev–Trinajstić information content (AvgIpc) is 2.53. The van der Waals surface area contributed by atoms with Crippen molar-refractivity contribution >= 4 is 5.82 Å². The molecule has 1 aromatic rings. The van der Waals surface area contributed by atoms with Gasteiger partial charge in [0.2, 0.25) is 0 Å². The minimum atomic E-state index is 0.606. The van der Waals surface area contributed by atoms with Gasteiger partial charge in [-0.05, 0) is 38.9 Å². The van der Waals surface area contributed by atoms with Crippen molar-refractivity contribution in [2.45, 2.75) is 18.8 Å². The Morgan fingerprint density at radius 1 is 1.54 bits per heavy atom. The number of nitrogens with one attached hydrogen (secondary N) is 1. The van der Waals surface area contributed by atoms with Crippen molar-refractivity contribution in [2.75, 3.05) is 25.9 Å². The van der Waals surface area contributed by atoms with Crippen LogP contribution >= 0.6 is 0 Å². The highest BCUT2D eigenvalue weighted by Crippen LogP contribution is 2.29. The van der Waals surface area contributed by atoms with E-state index in [0.717, 1.165) is 13.1 Å². The molecule has 0 aromatic carbocycles. The van der Waals surface area contributed by atoms with Gasteiger partial charge in [-0.2, -0.15) is 5.10 Å². The van der Waals surface area contributed by atoms with Crippen LogP contribution in [-0.2, 0) is 0 Å². The zero-order chi connectivity index (χ0) is 9.26. The third-order valence-corrected chi connectivity index (χ3v) is 2.86. The van der Waals surface area contributed by atoms with Gasteiger partial charge in [-0.3, -0.25) is 5.10 Å². The van der Waals surface area contributed by atoms with Gasteiger partial charge in [0.05, 0.1) is 0 Å². The zero-order valence-corrected chi connectivity index (χ0v) is 7.95. The van der Waals surface area contributed by atoms with Crippen molar-refractivity contribution in [2.24, 2.45) is 0 Å². The number of hydrogen-bond donors (Lipinski definition) is 2. The minimum Gasteiger partial charge on any atom is -0.382 e. The third kappa shape index (κ3) is 1.67. The molecule has 3 N–H and O–H groups in total. The van der Waals surface area contributed by atoms with E-state index in [1.165, 1.54) is 18.4 Å². The van der Waals surface area contributed by atoms with E-state index in [2.05, 4.69) is 22.1 Å². The molecule has 1 aromatic heterocycles. The summed E-state index contributed by atoms with van der Waals surface area (Å²) in [5.41, 5.74) is 6.95. The molecule has 1 saturated heterocycles. The number of aromatic nitrogens is 2. The fourth-order valence-electron chi connectivity index (χ4n) is 1.96. The predicted octanol–water partition coefficient (Wildman–Crippen LogP) is 0.801. The van der Waals surface area contributed by atoms with Gasteiger partial charge >= 0.3 is 0 Å². The Balaban J connectivity index is 2.06. The molecule has 0 amide bonds. The first kappa shape index (κ1) is 8.56. The molecule has 4 nitrogen and oxygen atoms in total. The van der Waals surface area contributed by atoms with E-state index < -0.39 is 0 Å². The van der Waals surface area contributed by atoms with Crippen LogP contribution in [0.1, 0.15) is 24.3 Å². The van der Waals surface area contributed by atoms with E-state index in [9.17, 15) is 0 Å². The summed E-state index contributed by atoms with van der Waals surface area (Å²) in [4.78, 5) is 2.35. The summed E-state index contributed by atoms with van der Waals surface area (Å²) in [6.07, 6.45) is 4.33. The fourth-order valence-corrected chi connectivity index (χ4v) is 1.96. The van der Waals surface area contributed by atoms with Crippen molar-refractivity contribution in [1.29, 1.82) is 0 Å². The Bertz CT molecular complexity index is 273. The number of nitrogens with zero attached hydrogens (tertiary/aromatic N) is 2. The average molecular weight is 180 g/mol. The summed E-state index contributed by atoms with van der Waals surface area (Å²) in [5.74, 6) is 1.28. The molecule has 2 rings (SSSR count). The molecule has 13 heavy (non-hydrogen) atoms. The van der Waals surface area contributed by atoms with E-state index in [0.29, 0.717) is 11.7 Å². The molecule has 72 valence electrons. The maximum atomic E-state index is 5.75. The first-order valence-corrected chi connectivity index (χ1v) is 4.75. The van der Waals surface area contributed by atoms with Crippen LogP contribution in [0.15, 0.2) is 6.20 Å². The minimum absolute atomic E-state index is 0.606. The van der Waals surface area contributed by atoms with E-state index in [-0.39, 0.29) is 0 Å². The molecule has 0 saturated carbocycles. The van der Waals surface area contributed by atoms with E-state index >= 15 is 0 Å². The molecule has 0 spiro atoms. The Kier molecular flexibility index (Phi) is 2.22. The lowest BCUT2D eigenvalue weighted by atomic mass is 9.91. The number of anilines is 1. The molecule has 0 atom stereocenters. The second kappa shape index (κ2) is 3.38. The fraction of sp³-hybridized carbons (Fsp3) is 0.667. The molecule has 0 unspecified atom stereocenters. The summed E-state index contributed by atoms with van der Waals surface area (Å²) in [7, 11) is 2.16. The lowest BCUT2D eigenvalue weighted by molar-refractivity contribution is 0.255. The van der Waals surface area contributed by atoms with Gasteiger partial charge in [-0.15, -0.1) is 0 Å². The second-order valence-corrected chi connectivity index (χ2v) is 3.80. The Hall–Kier alpha value is -1.03. The van der Waals surface area contributed by atoms with Crippen molar-refractivity contribution < 1.29 is 0 Å². The first-order valence-electron chi connectivity index (χ1n) is 4.75. The molecule has 1 fully saturated rings. The number of nitrogen functional groups attached to an aromatic ring is 1. The predicted molar refractivity (Wildman–Crippen MR) is 52.5 cm³/mol. The molecular weight excluding hydrogens is 164 g/mol. The van der Waals surface area contributed by atoms with Crippen molar-refractivity contribution in [3.8, 4) is 0 Å². The number of piperidine rings is 1. The largest absolute Gasteiger partial charge is 0.382 e. The number of likely N-dealkylation sites (tertiary alicyclic amines) is 1. The summed E-state index contributed by atoms with van der Waals surface area (Å²) in [6.45, 7) is 2.32. The van der Waals surface area contributed by atoms with Crippen LogP contribution in [0.25, 0.3) is 0 Å². The number of H-pyrrole nitrogens is 1. The normalized spacial score (nSPS) is 20.7. The third-order valence-electron chi connectivity index (χ3n) is 2.86. The second-order valence-electron chi connectivity index (χ2n) is 3.80. The van der Waals surface area contributed by atoms with E-state index in [1.54, 1.807) is 0 Å². The van der Waals surface area contributed by atoms with Gasteiger partial charge < -0.3 is 10.6 Å². The molecular formula is C9H16N4. The summed E-state index contributed by atoms with van der Waals surface area (Å²) < 4.78 is 0. The molecule has 0 aliphatic carbocycles. The molecule has 4 heteroatoms. The van der Waals surface area contributed by atoms with Crippen molar-refractivity contribution in [3.63, 3.8) is 0 Å². The highest BCUT2D eigenvalue weighted by atomic mass is 15.1. The van der Waals surface area contributed by atoms with Gasteiger partial charge in [0.1, 0.15) is 5.82 Å². The van der Waals surface area contributed by atoms with Gasteiger partial charge in [0.25, 0.3) is 0 Å². The Labute approximate surface area is 78.1 Å². The van der Waals surface area contributed by atoms with Crippen LogP contribution in [0.3, 0.4) is 0 Å². The quantitative estimate of drug-likeness (QED) is 0.672. The topological polar surface area (TPSA) is 57.9 Å². The highest BCUT2D eigenvalue weighted by molar-refractivity contribution is 5.39. The highest BCUT2D eigenvalue weighted by Gasteiger charge is 2.20. The number of rotatable bonds is 1. The van der Waals surface area contributed by atoms with Crippen LogP contribution in [0.2, 0.25) is 0 Å². The van der Waals surface area contributed by atoms with Crippen molar-refractivity contribution in [3.05, 3.63) is 11.8 Å². The maximum absolute atomic E-state index is 5.75. The smallest absolute Gasteiger partial charge is 0.148 e. The SMILES string of the molecule is CN1CCC(c2c[nH]nc2N)CC1. The van der Waals surface area contributed by atoms with Crippen molar-refractivity contribution in [1.82, 2.24) is 15.1 Å². The lowest BCUT2D eigenvalue weighted by Crippen LogP contribution is -2.29. The van der Waals surface area contributed by atoms with Gasteiger partial charge in [-0.25, -0.2) is 0 Å². The summed E-state index contributed by atoms with van der Waals surface area (Å²) >= 11 is 0. The summed E-state index contributed by atoms with van der Waals surface area (Å²) in [5, 5.41) is 6.77. The van der Waals surface area contributed by atoms with E-state index in [4.69, 9.17) is 5.73 Å². The monoisotopic (exact) mass is 180 g/mol. The van der Waals surface area contributed by atoms with Gasteiger partial charge in [0.15, 0.2) is 0 Å². The van der Waals surface area contributed by atoms with Gasteiger partial charge in [-0.1, -0.05) is 0 Å². The standard InChI is InChI=1S/C9H16N4/c1-13-4-2-7(3-5-13)8-6-11-12-9(8)10/h6-7H,2-5H2,1H3,(H3,10,11,12). The van der Waals surface area contributed by atoms with Crippen LogP contribution in [-0.4, -0.2) is 35.2 Å². The van der Waals surface area contributed by atoms with E-state index in [1.807, 2.05) is 6.20 Å². The Morgan fingerprint density at radius 3 is 2.77 bits per heavy atom. The maximum Gasteiger partial charge on any atom is 0.148 e. The van der Waals surface area contributed by atoms with Crippen LogP contribution in [0.5, 0.6) is 0 Å². The number of aromatic amines is 1. The summed E-state index contributed by atoms with van der Waals surface area (Å²) in [6, 6.07) is 0. The first-order chi connectivity index (χ1) is 6.27. The van der Waals surface area contributed by atoms with Crippen LogP contribution < -0.4 is 5.73 Å². The van der Waals surface area contributed by atoms with Crippen LogP contribution in [0.4, 0.5) is 5.82 Å².